The highest BCUT2D eigenvalue weighted by atomic mass is 19.4. The number of aryl methyl sites for hydroxylation is 2. The number of halogens is 3. The van der Waals surface area contributed by atoms with Crippen LogP contribution in [0.5, 0.6) is 0 Å². The van der Waals surface area contributed by atoms with Gasteiger partial charge in [0.05, 0.1) is 11.3 Å². The summed E-state index contributed by atoms with van der Waals surface area (Å²) >= 11 is 0. The monoisotopic (exact) mass is 311 g/mol. The van der Waals surface area contributed by atoms with Crippen LogP contribution in [0.4, 0.5) is 13.2 Å². The highest BCUT2D eigenvalue weighted by molar-refractivity contribution is 5.36. The molecule has 0 saturated carbocycles. The van der Waals surface area contributed by atoms with Crippen molar-refractivity contribution in [2.24, 2.45) is 0 Å². The molecule has 3 nitrogen and oxygen atoms in total. The minimum Gasteiger partial charge on any atom is -0.234 e. The second-order valence-corrected chi connectivity index (χ2v) is 5.52. The van der Waals surface area contributed by atoms with Gasteiger partial charge >= 0.3 is 6.18 Å². The predicted molar refractivity (Wildman–Crippen MR) is 79.2 cm³/mol. The average molecular weight is 311 g/mol. The lowest BCUT2D eigenvalue weighted by atomic mass is 10.1. The smallest absolute Gasteiger partial charge is 0.234 e. The minimum atomic E-state index is -4.39. The number of unbranched alkanes of at least 4 members (excludes halogenated alkanes) is 1. The van der Waals surface area contributed by atoms with Crippen LogP contribution in [0, 0.1) is 20.8 Å². The van der Waals surface area contributed by atoms with Gasteiger partial charge in [0.15, 0.2) is 5.82 Å². The first kappa shape index (κ1) is 16.5. The van der Waals surface area contributed by atoms with Gasteiger partial charge in [-0.2, -0.15) is 18.3 Å². The van der Waals surface area contributed by atoms with Crippen molar-refractivity contribution in [2.45, 2.75) is 53.1 Å². The van der Waals surface area contributed by atoms with Crippen molar-refractivity contribution in [3.05, 3.63) is 40.3 Å². The molecule has 6 heteroatoms. The number of rotatable bonds is 4. The highest BCUT2D eigenvalue weighted by Crippen LogP contribution is 2.31. The maximum absolute atomic E-state index is 13.0. The maximum atomic E-state index is 13.0. The summed E-state index contributed by atoms with van der Waals surface area (Å²) in [6.45, 7) is 7.42. The Bertz CT molecular complexity index is 672. The van der Waals surface area contributed by atoms with E-state index in [0.717, 1.165) is 48.3 Å². The van der Waals surface area contributed by atoms with Crippen molar-refractivity contribution < 1.29 is 13.2 Å². The molecule has 22 heavy (non-hydrogen) atoms. The van der Waals surface area contributed by atoms with Gasteiger partial charge in [0.1, 0.15) is 0 Å². The molecule has 0 N–H and O–H groups in total. The third-order valence-electron chi connectivity index (χ3n) is 3.71. The van der Waals surface area contributed by atoms with Gasteiger partial charge in [-0.15, -0.1) is 0 Å². The van der Waals surface area contributed by atoms with Crippen molar-refractivity contribution in [1.82, 2.24) is 14.8 Å². The molecular weight excluding hydrogens is 291 g/mol. The van der Waals surface area contributed by atoms with Crippen molar-refractivity contribution in [1.29, 1.82) is 0 Å². The van der Waals surface area contributed by atoms with E-state index in [1.54, 1.807) is 6.92 Å². The number of alkyl halides is 3. The van der Waals surface area contributed by atoms with E-state index in [9.17, 15) is 13.2 Å². The first-order valence-corrected chi connectivity index (χ1v) is 7.35. The Hall–Kier alpha value is -1.85. The zero-order valence-electron chi connectivity index (χ0n) is 13.3. The van der Waals surface area contributed by atoms with Gasteiger partial charge in [-0.25, -0.2) is 9.67 Å². The summed E-state index contributed by atoms with van der Waals surface area (Å²) in [5, 5.41) is 4.38. The van der Waals surface area contributed by atoms with Gasteiger partial charge in [-0.05, 0) is 51.3 Å². The summed E-state index contributed by atoms with van der Waals surface area (Å²) < 4.78 is 40.4. The summed E-state index contributed by atoms with van der Waals surface area (Å²) in [5.41, 5.74) is 2.43. The fraction of sp³-hybridized carbons (Fsp3) is 0.500. The second-order valence-electron chi connectivity index (χ2n) is 5.52. The largest absolute Gasteiger partial charge is 0.416 e. The molecule has 0 aliphatic rings. The lowest BCUT2D eigenvalue weighted by Crippen LogP contribution is -2.10. The molecule has 2 aromatic heterocycles. The zero-order chi connectivity index (χ0) is 16.5. The highest BCUT2D eigenvalue weighted by Gasteiger charge is 2.31. The Balaban J connectivity index is 2.51. The first-order valence-electron chi connectivity index (χ1n) is 7.35. The summed E-state index contributed by atoms with van der Waals surface area (Å²) in [6, 6.07) is 2.10. The van der Waals surface area contributed by atoms with Crippen LogP contribution in [0.15, 0.2) is 12.1 Å². The van der Waals surface area contributed by atoms with Crippen molar-refractivity contribution in [2.75, 3.05) is 0 Å². The Kier molecular flexibility index (Phi) is 4.58. The van der Waals surface area contributed by atoms with Crippen LogP contribution < -0.4 is 0 Å². The van der Waals surface area contributed by atoms with Gasteiger partial charge < -0.3 is 0 Å². The molecule has 0 atom stereocenters. The Morgan fingerprint density at radius 1 is 1.14 bits per heavy atom. The van der Waals surface area contributed by atoms with E-state index in [1.807, 2.05) is 13.8 Å². The van der Waals surface area contributed by atoms with Crippen LogP contribution in [0.2, 0.25) is 0 Å². The van der Waals surface area contributed by atoms with Gasteiger partial charge in [-0.1, -0.05) is 13.3 Å². The third-order valence-corrected chi connectivity index (χ3v) is 3.71. The quantitative estimate of drug-likeness (QED) is 0.829. The van der Waals surface area contributed by atoms with Crippen molar-refractivity contribution >= 4 is 0 Å². The van der Waals surface area contributed by atoms with Crippen LogP contribution in [0.25, 0.3) is 5.82 Å². The lowest BCUT2D eigenvalue weighted by molar-refractivity contribution is -0.137. The van der Waals surface area contributed by atoms with Crippen LogP contribution in [0.3, 0.4) is 0 Å². The predicted octanol–water partition coefficient (Wildman–Crippen LogP) is 4.55. The fourth-order valence-corrected chi connectivity index (χ4v) is 2.54. The normalized spacial score (nSPS) is 12.0. The number of pyridine rings is 1. The number of aromatic nitrogens is 3. The number of nitrogens with zero attached hydrogens (tertiary/aromatic N) is 3. The topological polar surface area (TPSA) is 30.7 Å². The molecule has 0 aromatic carbocycles. The molecule has 0 spiro atoms. The molecule has 0 radical (unpaired) electrons. The van der Waals surface area contributed by atoms with Crippen LogP contribution in [-0.4, -0.2) is 14.8 Å². The molecule has 2 heterocycles. The molecule has 0 aliphatic carbocycles. The van der Waals surface area contributed by atoms with E-state index in [-0.39, 0.29) is 5.82 Å². The van der Waals surface area contributed by atoms with Gasteiger partial charge in [0, 0.05) is 11.4 Å². The van der Waals surface area contributed by atoms with Gasteiger partial charge in [0.2, 0.25) is 0 Å². The Labute approximate surface area is 128 Å². The fourth-order valence-electron chi connectivity index (χ4n) is 2.54. The lowest BCUT2D eigenvalue weighted by Gasteiger charge is -2.11. The summed E-state index contributed by atoms with van der Waals surface area (Å²) in [7, 11) is 0. The first-order chi connectivity index (χ1) is 10.2. The molecule has 120 valence electrons. The molecule has 2 aromatic rings. The van der Waals surface area contributed by atoms with Crippen molar-refractivity contribution in [3.8, 4) is 5.82 Å². The van der Waals surface area contributed by atoms with E-state index >= 15 is 0 Å². The van der Waals surface area contributed by atoms with Crippen LogP contribution in [0.1, 0.15) is 48.0 Å². The van der Waals surface area contributed by atoms with E-state index in [4.69, 9.17) is 0 Å². The van der Waals surface area contributed by atoms with E-state index < -0.39 is 11.7 Å². The standard InChI is InChI=1S/C16H20F3N3/c1-5-6-7-14-11(3)21-22(12(14)4)15-9-13(16(17,18)19)8-10(2)20-15/h8-9H,5-7H2,1-4H3. The Morgan fingerprint density at radius 2 is 1.82 bits per heavy atom. The molecule has 0 aliphatic heterocycles. The van der Waals surface area contributed by atoms with E-state index in [1.165, 1.54) is 4.68 Å². The molecule has 0 fully saturated rings. The van der Waals surface area contributed by atoms with Crippen LogP contribution >= 0.6 is 0 Å². The third kappa shape index (κ3) is 3.31. The summed E-state index contributed by atoms with van der Waals surface area (Å²) in [4.78, 5) is 4.21. The second kappa shape index (κ2) is 6.10. The molecule has 0 amide bonds. The van der Waals surface area contributed by atoms with E-state index in [0.29, 0.717) is 5.69 Å². The number of hydrogen-bond acceptors (Lipinski definition) is 2. The van der Waals surface area contributed by atoms with E-state index in [2.05, 4.69) is 17.0 Å². The molecular formula is C16H20F3N3. The summed E-state index contributed by atoms with van der Waals surface area (Å²) in [5.74, 6) is 0.218. The minimum absolute atomic E-state index is 0.218. The summed E-state index contributed by atoms with van der Waals surface area (Å²) in [6.07, 6.45) is -1.41. The molecule has 0 saturated heterocycles. The zero-order valence-corrected chi connectivity index (χ0v) is 13.3. The van der Waals surface area contributed by atoms with Crippen LogP contribution in [-0.2, 0) is 12.6 Å². The maximum Gasteiger partial charge on any atom is 0.416 e. The molecule has 0 bridgehead atoms. The molecule has 0 unspecified atom stereocenters. The average Bonchev–Trinajstić information content (AvgIpc) is 2.70. The SMILES string of the molecule is CCCCc1c(C)nn(-c2cc(C(F)(F)F)cc(C)n2)c1C. The van der Waals surface area contributed by atoms with Gasteiger partial charge in [0.25, 0.3) is 0 Å². The van der Waals surface area contributed by atoms with Gasteiger partial charge in [-0.3, -0.25) is 0 Å². The Morgan fingerprint density at radius 3 is 2.41 bits per heavy atom. The molecule has 2 rings (SSSR count). The number of hydrogen-bond donors (Lipinski definition) is 0. The van der Waals surface area contributed by atoms with Crippen molar-refractivity contribution in [3.63, 3.8) is 0 Å².